The van der Waals surface area contributed by atoms with E-state index in [1.165, 1.54) is 24.3 Å². The molecular weight excluding hydrogens is 568 g/mol. The topological polar surface area (TPSA) is 122 Å². The average Bonchev–Trinajstić information content (AvgIpc) is 3.00. The highest BCUT2D eigenvalue weighted by Crippen LogP contribution is 2.39. The molecule has 1 atom stereocenters. The minimum atomic E-state index is -3.49. The number of hydrogen-bond acceptors (Lipinski definition) is 7. The summed E-state index contributed by atoms with van der Waals surface area (Å²) in [6, 6.07) is 23.4. The number of fused-ring (bicyclic) bond motifs is 6. The fraction of sp³-hybridized carbons (Fsp3) is 0.212. The lowest BCUT2D eigenvalue weighted by Gasteiger charge is -2.38. The first kappa shape index (κ1) is 28.3. The largest absolute Gasteiger partial charge is 0.507 e. The maximum absolute atomic E-state index is 14.0. The molecule has 4 aromatic rings. The molecule has 0 aliphatic carbocycles. The molecule has 4 aromatic carbocycles. The number of phenolic OH excluding ortho intramolecular Hbond substituents is 1. The molecule has 0 saturated heterocycles. The molecule has 220 valence electrons. The summed E-state index contributed by atoms with van der Waals surface area (Å²) in [5.41, 5.74) is 3.15. The monoisotopic (exact) mass is 598 g/mol. The molecule has 43 heavy (non-hydrogen) atoms. The molecule has 2 amide bonds. The summed E-state index contributed by atoms with van der Waals surface area (Å²) in [5, 5.41) is 13.1. The Morgan fingerprint density at radius 1 is 0.953 bits per heavy atom. The van der Waals surface area contributed by atoms with Crippen LogP contribution in [0.2, 0.25) is 0 Å². The number of nitrogens with zero attached hydrogens (tertiary/aromatic N) is 1. The smallest absolute Gasteiger partial charge is 0.255 e. The highest BCUT2D eigenvalue weighted by Gasteiger charge is 2.33. The third-order valence-corrected chi connectivity index (χ3v) is 8.72. The van der Waals surface area contributed by atoms with Gasteiger partial charge in [-0.15, -0.1) is 0 Å². The van der Waals surface area contributed by atoms with Gasteiger partial charge < -0.3 is 24.8 Å². The molecule has 2 N–H and O–H groups in total. The van der Waals surface area contributed by atoms with Crippen LogP contribution in [0.4, 0.5) is 0 Å². The van der Waals surface area contributed by atoms with Crippen LogP contribution < -0.4 is 14.8 Å². The van der Waals surface area contributed by atoms with E-state index in [1.807, 2.05) is 36.4 Å². The van der Waals surface area contributed by atoms with Gasteiger partial charge in [0.1, 0.15) is 23.0 Å². The van der Waals surface area contributed by atoms with Crippen LogP contribution in [0.3, 0.4) is 0 Å². The second-order valence-corrected chi connectivity index (χ2v) is 12.6. The molecule has 0 saturated carbocycles. The summed E-state index contributed by atoms with van der Waals surface area (Å²) in [4.78, 5) is 28.6. The Hall–Kier alpha value is -4.83. The second kappa shape index (κ2) is 11.4. The van der Waals surface area contributed by atoms with Gasteiger partial charge in [0.05, 0.1) is 23.1 Å². The Morgan fingerprint density at radius 3 is 2.58 bits per heavy atom. The van der Waals surface area contributed by atoms with Gasteiger partial charge in [-0.1, -0.05) is 24.3 Å². The van der Waals surface area contributed by atoms with Crippen LogP contribution >= 0.6 is 0 Å². The van der Waals surface area contributed by atoms with Crippen molar-refractivity contribution in [2.45, 2.75) is 23.8 Å². The maximum atomic E-state index is 14.0. The van der Waals surface area contributed by atoms with Crippen molar-refractivity contribution in [1.29, 1.82) is 0 Å². The van der Waals surface area contributed by atoms with Crippen molar-refractivity contribution >= 4 is 21.7 Å². The molecule has 3 aliphatic rings. The van der Waals surface area contributed by atoms with Crippen LogP contribution in [0.25, 0.3) is 0 Å². The summed E-state index contributed by atoms with van der Waals surface area (Å²) in [6.45, 7) is 1.06. The molecule has 10 heteroatoms. The van der Waals surface area contributed by atoms with E-state index in [-0.39, 0.29) is 22.1 Å². The third kappa shape index (κ3) is 5.91. The van der Waals surface area contributed by atoms with Crippen LogP contribution in [0.15, 0.2) is 89.8 Å². The molecule has 3 heterocycles. The minimum Gasteiger partial charge on any atom is -0.507 e. The van der Waals surface area contributed by atoms with Crippen molar-refractivity contribution < 1.29 is 32.6 Å². The molecule has 0 fully saturated rings. The van der Waals surface area contributed by atoms with Crippen molar-refractivity contribution in [1.82, 2.24) is 10.2 Å². The minimum absolute atomic E-state index is 0.0891. The SMILES string of the molecule is CS(=O)(=O)c1cccc(C(=O)N2CCc3cc4ccc3C2c2cccc(c2)OCCCNC(=O)c2cc(ccc2O)O4)c1. The van der Waals surface area contributed by atoms with Gasteiger partial charge in [0, 0.05) is 24.9 Å². The third-order valence-electron chi connectivity index (χ3n) is 7.61. The molecule has 0 spiro atoms. The molecule has 1 unspecified atom stereocenters. The number of ether oxygens (including phenoxy) is 2. The van der Waals surface area contributed by atoms with E-state index < -0.39 is 21.8 Å². The Balaban J connectivity index is 1.43. The van der Waals surface area contributed by atoms with Gasteiger partial charge in [-0.2, -0.15) is 0 Å². The number of benzene rings is 4. The fourth-order valence-corrected chi connectivity index (χ4v) is 6.17. The maximum Gasteiger partial charge on any atom is 0.255 e. The van der Waals surface area contributed by atoms with E-state index >= 15 is 0 Å². The molecule has 7 rings (SSSR count). The number of phenols is 1. The molecule has 0 radical (unpaired) electrons. The number of amides is 2. The Kier molecular flexibility index (Phi) is 7.53. The van der Waals surface area contributed by atoms with Crippen LogP contribution in [0.5, 0.6) is 23.0 Å². The fourth-order valence-electron chi connectivity index (χ4n) is 5.50. The zero-order chi connectivity index (χ0) is 30.1. The van der Waals surface area contributed by atoms with Gasteiger partial charge in [-0.05, 0) is 90.2 Å². The van der Waals surface area contributed by atoms with Crippen molar-refractivity contribution in [2.24, 2.45) is 0 Å². The van der Waals surface area contributed by atoms with Crippen molar-refractivity contribution in [3.63, 3.8) is 0 Å². The van der Waals surface area contributed by atoms with Crippen LogP contribution in [-0.2, 0) is 16.3 Å². The first-order valence-corrected chi connectivity index (χ1v) is 15.8. The van der Waals surface area contributed by atoms with Gasteiger partial charge >= 0.3 is 0 Å². The number of sulfone groups is 1. The first-order valence-electron chi connectivity index (χ1n) is 13.9. The van der Waals surface area contributed by atoms with Gasteiger partial charge in [-0.25, -0.2) is 8.42 Å². The van der Waals surface area contributed by atoms with E-state index in [9.17, 15) is 23.1 Å². The van der Waals surface area contributed by atoms with Crippen molar-refractivity contribution in [3.8, 4) is 23.0 Å². The van der Waals surface area contributed by atoms with Gasteiger partial charge in [0.15, 0.2) is 9.84 Å². The number of rotatable bonds is 2. The Bertz CT molecular complexity index is 1840. The Morgan fingerprint density at radius 2 is 1.74 bits per heavy atom. The number of carbonyl (C=O) groups excluding carboxylic acids is 2. The van der Waals surface area contributed by atoms with Crippen LogP contribution in [0.1, 0.15) is 49.9 Å². The second-order valence-electron chi connectivity index (χ2n) is 10.6. The number of aromatic hydroxyl groups is 1. The summed E-state index contributed by atoms with van der Waals surface area (Å²) in [7, 11) is -3.49. The Labute approximate surface area is 249 Å². The number of hydrogen-bond donors (Lipinski definition) is 2. The molecule has 0 aromatic heterocycles. The van der Waals surface area contributed by atoms with E-state index in [0.29, 0.717) is 55.4 Å². The average molecular weight is 599 g/mol. The number of nitrogens with one attached hydrogen (secondary N) is 1. The highest BCUT2D eigenvalue weighted by atomic mass is 32.2. The normalized spacial score (nSPS) is 16.7. The summed E-state index contributed by atoms with van der Waals surface area (Å²) < 4.78 is 36.5. The molecule has 8 bridgehead atoms. The first-order chi connectivity index (χ1) is 20.7. The zero-order valence-corrected chi connectivity index (χ0v) is 24.3. The summed E-state index contributed by atoms with van der Waals surface area (Å²) >= 11 is 0. The molecule has 9 nitrogen and oxygen atoms in total. The lowest BCUT2D eigenvalue weighted by Crippen LogP contribution is -2.40. The quantitative estimate of drug-likeness (QED) is 0.337. The van der Waals surface area contributed by atoms with Gasteiger partial charge in [0.25, 0.3) is 11.8 Å². The van der Waals surface area contributed by atoms with Gasteiger partial charge in [-0.3, -0.25) is 9.59 Å². The van der Waals surface area contributed by atoms with E-state index in [2.05, 4.69) is 5.32 Å². The highest BCUT2D eigenvalue weighted by molar-refractivity contribution is 7.90. The van der Waals surface area contributed by atoms with Crippen LogP contribution in [0, 0.1) is 0 Å². The predicted octanol–water partition coefficient (Wildman–Crippen LogP) is 4.89. The van der Waals surface area contributed by atoms with Gasteiger partial charge in [0.2, 0.25) is 0 Å². The van der Waals surface area contributed by atoms with E-state index in [1.54, 1.807) is 29.2 Å². The molecular formula is C33H30N2O7S. The van der Waals surface area contributed by atoms with Crippen molar-refractivity contribution in [2.75, 3.05) is 26.0 Å². The van der Waals surface area contributed by atoms with E-state index in [0.717, 1.165) is 22.9 Å². The lowest BCUT2D eigenvalue weighted by atomic mass is 9.87. The van der Waals surface area contributed by atoms with E-state index in [4.69, 9.17) is 9.47 Å². The lowest BCUT2D eigenvalue weighted by molar-refractivity contribution is 0.0693. The summed E-state index contributed by atoms with van der Waals surface area (Å²) in [5.74, 6) is 0.734. The standard InChI is InChI=1S/C33H30N2O7S/c1-43(39,40)27-8-3-6-23(19-27)33(38)35-15-13-21-17-25-9-11-28(21)31(35)22-5-2-7-24(18-22)41-16-4-14-34-32(37)29-20-26(42-25)10-12-30(29)36/h2-3,5-12,17-20,31,36H,4,13-16H2,1H3,(H,34,37). The summed E-state index contributed by atoms with van der Waals surface area (Å²) in [6.07, 6.45) is 2.19. The number of carbonyl (C=O) groups is 2. The van der Waals surface area contributed by atoms with Crippen molar-refractivity contribution in [3.05, 3.63) is 113 Å². The van der Waals surface area contributed by atoms with Crippen LogP contribution in [-0.4, -0.2) is 56.2 Å². The predicted molar refractivity (Wildman–Crippen MR) is 160 cm³/mol. The molecule has 3 aliphatic heterocycles. The zero-order valence-electron chi connectivity index (χ0n) is 23.4.